The number of hydrogen-bond acceptors (Lipinski definition) is 2. The molecule has 0 radical (unpaired) electrons. The Bertz CT molecular complexity index is 674. The van der Waals surface area contributed by atoms with Crippen LogP contribution in [0.4, 0.5) is 5.69 Å². The maximum atomic E-state index is 11.9. The first-order valence-corrected chi connectivity index (χ1v) is 8.51. The highest BCUT2D eigenvalue weighted by Gasteiger charge is 2.07. The molecule has 2 N–H and O–H groups in total. The first kappa shape index (κ1) is 17.0. The van der Waals surface area contributed by atoms with Crippen molar-refractivity contribution < 1.29 is 9.59 Å². The van der Waals surface area contributed by atoms with E-state index in [4.69, 9.17) is 0 Å². The van der Waals surface area contributed by atoms with Gasteiger partial charge < -0.3 is 10.6 Å². The number of nitrogens with one attached hydrogen (secondary N) is 2. The monoisotopic (exact) mass is 472 g/mol. The molecule has 0 unspecified atom stereocenters. The Morgan fingerprint density at radius 3 is 2.41 bits per heavy atom. The predicted molar refractivity (Wildman–Crippen MR) is 98.9 cm³/mol. The molecule has 0 spiro atoms. The lowest BCUT2D eigenvalue weighted by Gasteiger charge is -2.08. The van der Waals surface area contributed by atoms with Crippen molar-refractivity contribution in [3.63, 3.8) is 0 Å². The lowest BCUT2D eigenvalue weighted by atomic mass is 10.2. The molecule has 0 saturated carbocycles. The highest BCUT2D eigenvalue weighted by atomic mass is 127. The maximum Gasteiger partial charge on any atom is 0.251 e. The third-order valence-electron chi connectivity index (χ3n) is 2.89. The summed E-state index contributed by atoms with van der Waals surface area (Å²) in [4.78, 5) is 23.7. The van der Waals surface area contributed by atoms with Gasteiger partial charge >= 0.3 is 0 Å². The average molecular weight is 473 g/mol. The standard InChI is InChI=1S/C16H14BrIN2O2/c17-12-7-5-11(6-8-12)16(22)19-10-9-15(21)20-14-4-2-1-3-13(14)18/h1-8H,9-10H2,(H,19,22)(H,20,21). The van der Waals surface area contributed by atoms with Gasteiger partial charge in [-0.05, 0) is 59.0 Å². The molecule has 2 aromatic carbocycles. The van der Waals surface area contributed by atoms with Gasteiger partial charge in [-0.1, -0.05) is 28.1 Å². The summed E-state index contributed by atoms with van der Waals surface area (Å²) in [5, 5.41) is 5.56. The van der Waals surface area contributed by atoms with Gasteiger partial charge in [-0.15, -0.1) is 0 Å². The zero-order valence-electron chi connectivity index (χ0n) is 11.6. The van der Waals surface area contributed by atoms with Crippen molar-refractivity contribution >= 4 is 56.0 Å². The molecule has 6 heteroatoms. The quantitative estimate of drug-likeness (QED) is 0.650. The van der Waals surface area contributed by atoms with Gasteiger partial charge in [0, 0.05) is 26.6 Å². The Labute approximate surface area is 151 Å². The predicted octanol–water partition coefficient (Wildman–Crippen LogP) is 3.81. The Morgan fingerprint density at radius 2 is 1.73 bits per heavy atom. The van der Waals surface area contributed by atoms with Crippen LogP contribution in [0, 0.1) is 3.57 Å². The summed E-state index contributed by atoms with van der Waals surface area (Å²) in [5.41, 5.74) is 1.36. The molecule has 4 nitrogen and oxygen atoms in total. The van der Waals surface area contributed by atoms with Gasteiger partial charge in [0.1, 0.15) is 0 Å². The van der Waals surface area contributed by atoms with E-state index in [0.29, 0.717) is 12.1 Å². The van der Waals surface area contributed by atoms with Crippen molar-refractivity contribution in [1.82, 2.24) is 5.32 Å². The van der Waals surface area contributed by atoms with Gasteiger partial charge in [-0.25, -0.2) is 0 Å². The SMILES string of the molecule is O=C(CCNC(=O)c1ccc(Br)cc1)Nc1ccccc1I. The largest absolute Gasteiger partial charge is 0.352 e. The number of hydrogen-bond donors (Lipinski definition) is 2. The van der Waals surface area contributed by atoms with E-state index in [1.165, 1.54) is 0 Å². The van der Waals surface area contributed by atoms with Gasteiger partial charge in [0.15, 0.2) is 0 Å². The minimum atomic E-state index is -0.186. The van der Waals surface area contributed by atoms with Gasteiger partial charge in [-0.3, -0.25) is 9.59 Å². The highest BCUT2D eigenvalue weighted by molar-refractivity contribution is 14.1. The molecular weight excluding hydrogens is 459 g/mol. The van der Waals surface area contributed by atoms with Crippen LogP contribution < -0.4 is 10.6 Å². The molecule has 22 heavy (non-hydrogen) atoms. The second-order valence-corrected chi connectivity index (χ2v) is 6.62. The molecule has 0 aliphatic rings. The molecule has 0 aliphatic carbocycles. The van der Waals surface area contributed by atoms with Crippen molar-refractivity contribution in [2.45, 2.75) is 6.42 Å². The van der Waals surface area contributed by atoms with Crippen LogP contribution in [0.3, 0.4) is 0 Å². The summed E-state index contributed by atoms with van der Waals surface area (Å²) in [7, 11) is 0. The van der Waals surface area contributed by atoms with Crippen LogP contribution in [-0.2, 0) is 4.79 Å². The maximum absolute atomic E-state index is 11.9. The number of anilines is 1. The van der Waals surface area contributed by atoms with E-state index in [2.05, 4.69) is 49.2 Å². The Balaban J connectivity index is 1.78. The lowest BCUT2D eigenvalue weighted by Crippen LogP contribution is -2.27. The van der Waals surface area contributed by atoms with E-state index in [0.717, 1.165) is 13.7 Å². The zero-order valence-corrected chi connectivity index (χ0v) is 15.3. The topological polar surface area (TPSA) is 58.2 Å². The molecule has 2 aromatic rings. The number of amides is 2. The summed E-state index contributed by atoms with van der Waals surface area (Å²) < 4.78 is 1.90. The molecular formula is C16H14BrIN2O2. The van der Waals surface area contributed by atoms with Crippen LogP contribution in [0.1, 0.15) is 16.8 Å². The van der Waals surface area contributed by atoms with Gasteiger partial charge in [0.2, 0.25) is 5.91 Å². The molecule has 0 heterocycles. The fourth-order valence-corrected chi connectivity index (χ4v) is 2.55. The van der Waals surface area contributed by atoms with Crippen LogP contribution in [0.15, 0.2) is 53.0 Å². The Morgan fingerprint density at radius 1 is 1.05 bits per heavy atom. The second-order valence-electron chi connectivity index (χ2n) is 4.54. The van der Waals surface area contributed by atoms with E-state index < -0.39 is 0 Å². The minimum absolute atomic E-state index is 0.125. The number of carbonyl (C=O) groups is 2. The molecule has 0 saturated heterocycles. The molecule has 2 amide bonds. The molecule has 0 aromatic heterocycles. The van der Waals surface area contributed by atoms with Crippen LogP contribution in [0.25, 0.3) is 0 Å². The third-order valence-corrected chi connectivity index (χ3v) is 4.36. The Hall–Kier alpha value is -1.41. The van der Waals surface area contributed by atoms with Crippen LogP contribution in [0.2, 0.25) is 0 Å². The van der Waals surface area contributed by atoms with Crippen LogP contribution >= 0.6 is 38.5 Å². The average Bonchev–Trinajstić information content (AvgIpc) is 2.50. The van der Waals surface area contributed by atoms with E-state index >= 15 is 0 Å². The second kappa shape index (κ2) is 8.28. The molecule has 2 rings (SSSR count). The molecule has 0 bridgehead atoms. The van der Waals surface area contributed by atoms with Crippen molar-refractivity contribution in [3.05, 3.63) is 62.1 Å². The number of para-hydroxylation sites is 1. The first-order valence-electron chi connectivity index (χ1n) is 6.64. The normalized spacial score (nSPS) is 10.1. The zero-order chi connectivity index (χ0) is 15.9. The molecule has 0 aliphatic heterocycles. The van der Waals surface area contributed by atoms with Crippen molar-refractivity contribution in [2.75, 3.05) is 11.9 Å². The summed E-state index contributed by atoms with van der Waals surface area (Å²) in [5.74, 6) is -0.310. The third kappa shape index (κ3) is 5.10. The number of benzene rings is 2. The number of carbonyl (C=O) groups excluding carboxylic acids is 2. The summed E-state index contributed by atoms with van der Waals surface area (Å²) in [6.45, 7) is 0.296. The number of halogens is 2. The molecule has 0 fully saturated rings. The van der Waals surface area contributed by atoms with Crippen molar-refractivity contribution in [1.29, 1.82) is 0 Å². The van der Waals surface area contributed by atoms with Crippen molar-refractivity contribution in [3.8, 4) is 0 Å². The van der Waals surface area contributed by atoms with E-state index in [9.17, 15) is 9.59 Å². The first-order chi connectivity index (χ1) is 10.6. The molecule has 114 valence electrons. The number of rotatable bonds is 5. The summed E-state index contributed by atoms with van der Waals surface area (Å²) in [6, 6.07) is 14.6. The van der Waals surface area contributed by atoms with Crippen LogP contribution in [-0.4, -0.2) is 18.4 Å². The summed E-state index contributed by atoms with van der Waals surface area (Å²) >= 11 is 5.48. The van der Waals surface area contributed by atoms with Crippen molar-refractivity contribution in [2.24, 2.45) is 0 Å². The molecule has 0 atom stereocenters. The lowest BCUT2D eigenvalue weighted by molar-refractivity contribution is -0.116. The highest BCUT2D eigenvalue weighted by Crippen LogP contribution is 2.16. The fourth-order valence-electron chi connectivity index (χ4n) is 1.77. The van der Waals surface area contributed by atoms with Crippen LogP contribution in [0.5, 0.6) is 0 Å². The summed E-state index contributed by atoms with van der Waals surface area (Å²) in [6.07, 6.45) is 0.229. The Kier molecular flexibility index (Phi) is 6.38. The fraction of sp³-hybridized carbons (Fsp3) is 0.125. The smallest absolute Gasteiger partial charge is 0.251 e. The van der Waals surface area contributed by atoms with Gasteiger partial charge in [0.05, 0.1) is 5.69 Å². The minimum Gasteiger partial charge on any atom is -0.352 e. The van der Waals surface area contributed by atoms with Gasteiger partial charge in [0.25, 0.3) is 5.91 Å². The van der Waals surface area contributed by atoms with E-state index in [1.54, 1.807) is 24.3 Å². The van der Waals surface area contributed by atoms with E-state index in [1.807, 2.05) is 24.3 Å². The van der Waals surface area contributed by atoms with E-state index in [-0.39, 0.29) is 18.2 Å². The van der Waals surface area contributed by atoms with Gasteiger partial charge in [-0.2, -0.15) is 0 Å².